The first kappa shape index (κ1) is 11.2. The average molecular weight is 232 g/mol. The number of nitrogens with zero attached hydrogens (tertiary/aromatic N) is 1. The Kier molecular flexibility index (Phi) is 3.25. The molecule has 0 N–H and O–H groups in total. The van der Waals surface area contributed by atoms with E-state index in [1.54, 1.807) is 0 Å². The maximum absolute atomic E-state index is 6.15. The molecule has 0 radical (unpaired) electrons. The quantitative estimate of drug-likeness (QED) is 0.740. The summed E-state index contributed by atoms with van der Waals surface area (Å²) in [5, 5.41) is 0.746. The third-order valence-electron chi connectivity index (χ3n) is 2.51. The lowest BCUT2D eigenvalue weighted by molar-refractivity contribution is 0.824. The van der Waals surface area contributed by atoms with Crippen LogP contribution in [0.25, 0.3) is 11.3 Å². The molecule has 1 heterocycles. The van der Waals surface area contributed by atoms with Gasteiger partial charge >= 0.3 is 0 Å². The largest absolute Gasteiger partial charge is 0.253 e. The normalized spacial score (nSPS) is 10.8. The van der Waals surface area contributed by atoms with E-state index < -0.39 is 0 Å². The molecule has 0 aliphatic carbocycles. The highest BCUT2D eigenvalue weighted by atomic mass is 35.5. The summed E-state index contributed by atoms with van der Waals surface area (Å²) in [4.78, 5) is 4.62. The number of pyridine rings is 1. The highest BCUT2D eigenvalue weighted by molar-refractivity contribution is 6.33. The number of aromatic nitrogens is 1. The summed E-state index contributed by atoms with van der Waals surface area (Å²) in [7, 11) is 0. The maximum atomic E-state index is 6.15. The Hall–Kier alpha value is -1.34. The molecule has 0 aliphatic heterocycles. The van der Waals surface area contributed by atoms with Crippen molar-refractivity contribution in [1.29, 1.82) is 0 Å². The van der Waals surface area contributed by atoms with Crippen LogP contribution >= 0.6 is 11.6 Å². The first-order chi connectivity index (χ1) is 7.68. The van der Waals surface area contributed by atoms with Crippen LogP contribution in [0.4, 0.5) is 0 Å². The molecule has 0 atom stereocenters. The van der Waals surface area contributed by atoms with Crippen LogP contribution in [-0.2, 0) is 0 Å². The number of halogens is 1. The minimum absolute atomic E-state index is 0.433. The van der Waals surface area contributed by atoms with E-state index >= 15 is 0 Å². The van der Waals surface area contributed by atoms with Crippen molar-refractivity contribution in [2.45, 2.75) is 19.8 Å². The molecule has 0 fully saturated rings. The van der Waals surface area contributed by atoms with Crippen molar-refractivity contribution < 1.29 is 0 Å². The van der Waals surface area contributed by atoms with Crippen molar-refractivity contribution in [3.05, 3.63) is 53.2 Å². The molecule has 0 aliphatic rings. The van der Waals surface area contributed by atoms with Crippen LogP contribution in [0.1, 0.15) is 25.5 Å². The van der Waals surface area contributed by atoms with Crippen molar-refractivity contribution in [3.8, 4) is 11.3 Å². The highest BCUT2D eigenvalue weighted by Gasteiger charge is 2.06. The average Bonchev–Trinajstić information content (AvgIpc) is 2.30. The third kappa shape index (κ3) is 2.25. The molecular formula is C14H14ClN. The fourth-order valence-electron chi connectivity index (χ4n) is 1.59. The zero-order valence-corrected chi connectivity index (χ0v) is 10.2. The van der Waals surface area contributed by atoms with E-state index in [0.29, 0.717) is 5.92 Å². The summed E-state index contributed by atoms with van der Waals surface area (Å²) >= 11 is 6.15. The van der Waals surface area contributed by atoms with Gasteiger partial charge in [0.25, 0.3) is 0 Å². The van der Waals surface area contributed by atoms with E-state index in [-0.39, 0.29) is 0 Å². The van der Waals surface area contributed by atoms with Crippen LogP contribution < -0.4 is 0 Å². The van der Waals surface area contributed by atoms with Gasteiger partial charge in [-0.1, -0.05) is 49.7 Å². The SMILES string of the molecule is CC(C)c1cccc(-c2ccccc2Cl)n1. The lowest BCUT2D eigenvalue weighted by Gasteiger charge is -2.08. The van der Waals surface area contributed by atoms with E-state index in [4.69, 9.17) is 11.6 Å². The van der Waals surface area contributed by atoms with Gasteiger partial charge in [0.15, 0.2) is 0 Å². The number of benzene rings is 1. The molecule has 82 valence electrons. The van der Waals surface area contributed by atoms with Gasteiger partial charge < -0.3 is 0 Å². The molecule has 0 unspecified atom stereocenters. The van der Waals surface area contributed by atoms with Crippen LogP contribution in [0.2, 0.25) is 5.02 Å². The van der Waals surface area contributed by atoms with Gasteiger partial charge in [0.2, 0.25) is 0 Å². The van der Waals surface area contributed by atoms with Crippen molar-refractivity contribution >= 4 is 11.6 Å². The van der Waals surface area contributed by atoms with E-state index in [2.05, 4.69) is 18.8 Å². The molecular weight excluding hydrogens is 218 g/mol. The van der Waals surface area contributed by atoms with Gasteiger partial charge in [-0.15, -0.1) is 0 Å². The lowest BCUT2D eigenvalue weighted by Crippen LogP contribution is -1.94. The van der Waals surface area contributed by atoms with Gasteiger partial charge in [-0.25, -0.2) is 0 Å². The molecule has 2 rings (SSSR count). The molecule has 0 saturated heterocycles. The summed E-state index contributed by atoms with van der Waals surface area (Å²) in [6.07, 6.45) is 0. The van der Waals surface area contributed by atoms with Crippen LogP contribution in [0.15, 0.2) is 42.5 Å². The van der Waals surface area contributed by atoms with E-state index in [9.17, 15) is 0 Å². The zero-order chi connectivity index (χ0) is 11.5. The van der Waals surface area contributed by atoms with Gasteiger partial charge in [-0.3, -0.25) is 4.98 Å². The minimum atomic E-state index is 0.433. The van der Waals surface area contributed by atoms with Gasteiger partial charge in [0, 0.05) is 16.3 Å². The number of hydrogen-bond acceptors (Lipinski definition) is 1. The molecule has 1 aromatic carbocycles. The summed E-state index contributed by atoms with van der Waals surface area (Å²) in [6.45, 7) is 4.28. The Morgan fingerprint density at radius 3 is 2.44 bits per heavy atom. The Morgan fingerprint density at radius 1 is 1.00 bits per heavy atom. The van der Waals surface area contributed by atoms with Crippen molar-refractivity contribution in [2.75, 3.05) is 0 Å². The first-order valence-corrected chi connectivity index (χ1v) is 5.78. The maximum Gasteiger partial charge on any atom is 0.0720 e. The predicted molar refractivity (Wildman–Crippen MR) is 68.8 cm³/mol. The zero-order valence-electron chi connectivity index (χ0n) is 9.44. The molecule has 0 saturated carbocycles. The van der Waals surface area contributed by atoms with Gasteiger partial charge in [0.05, 0.1) is 5.69 Å². The van der Waals surface area contributed by atoms with Crippen LogP contribution in [0, 0.1) is 0 Å². The number of rotatable bonds is 2. The molecule has 2 heteroatoms. The second-order valence-corrected chi connectivity index (χ2v) is 4.49. The lowest BCUT2D eigenvalue weighted by atomic mass is 10.1. The summed E-state index contributed by atoms with van der Waals surface area (Å²) < 4.78 is 0. The summed E-state index contributed by atoms with van der Waals surface area (Å²) in [5.74, 6) is 0.433. The summed E-state index contributed by atoms with van der Waals surface area (Å²) in [5.41, 5.74) is 3.03. The second kappa shape index (κ2) is 4.67. The smallest absolute Gasteiger partial charge is 0.0720 e. The van der Waals surface area contributed by atoms with Gasteiger partial charge in [-0.2, -0.15) is 0 Å². The summed E-state index contributed by atoms with van der Waals surface area (Å²) in [6, 6.07) is 13.9. The monoisotopic (exact) mass is 231 g/mol. The molecule has 0 spiro atoms. The molecule has 0 bridgehead atoms. The predicted octanol–water partition coefficient (Wildman–Crippen LogP) is 4.53. The fourth-order valence-corrected chi connectivity index (χ4v) is 1.82. The third-order valence-corrected chi connectivity index (χ3v) is 2.84. The second-order valence-electron chi connectivity index (χ2n) is 4.08. The highest BCUT2D eigenvalue weighted by Crippen LogP contribution is 2.26. The molecule has 1 nitrogen and oxygen atoms in total. The van der Waals surface area contributed by atoms with Gasteiger partial charge in [0.1, 0.15) is 0 Å². The Balaban J connectivity index is 2.49. The van der Waals surface area contributed by atoms with Crippen molar-refractivity contribution in [3.63, 3.8) is 0 Å². The molecule has 2 aromatic rings. The minimum Gasteiger partial charge on any atom is -0.253 e. The first-order valence-electron chi connectivity index (χ1n) is 5.40. The van der Waals surface area contributed by atoms with Crippen LogP contribution in [0.5, 0.6) is 0 Å². The number of hydrogen-bond donors (Lipinski definition) is 0. The molecule has 0 amide bonds. The molecule has 16 heavy (non-hydrogen) atoms. The molecule has 1 aromatic heterocycles. The van der Waals surface area contributed by atoms with Gasteiger partial charge in [-0.05, 0) is 24.1 Å². The van der Waals surface area contributed by atoms with Crippen molar-refractivity contribution in [1.82, 2.24) is 4.98 Å². The Morgan fingerprint density at radius 2 is 1.75 bits per heavy atom. The van der Waals surface area contributed by atoms with E-state index in [0.717, 1.165) is 22.0 Å². The van der Waals surface area contributed by atoms with Crippen LogP contribution in [0.3, 0.4) is 0 Å². The van der Waals surface area contributed by atoms with Crippen LogP contribution in [-0.4, -0.2) is 4.98 Å². The Bertz CT molecular complexity index is 492. The van der Waals surface area contributed by atoms with Crippen molar-refractivity contribution in [2.24, 2.45) is 0 Å². The standard InChI is InChI=1S/C14H14ClN/c1-10(2)13-8-5-9-14(16-13)11-6-3-4-7-12(11)15/h3-10H,1-2H3. The topological polar surface area (TPSA) is 12.9 Å². The van der Waals surface area contributed by atoms with E-state index in [1.165, 1.54) is 0 Å². The fraction of sp³-hybridized carbons (Fsp3) is 0.214. The van der Waals surface area contributed by atoms with E-state index in [1.807, 2.05) is 42.5 Å². The Labute approximate surface area is 101 Å².